The molecular formula is C43H32N2. The molecular weight excluding hydrogens is 544 g/mol. The standard InChI is InChI=1S/C43H32N2/c1-43(2)38-18-10-8-15-33(38)36-27-29(21-23-39(36)43)44-40-24-22-31(32-14-6-7-16-34(32)40)28-20-25-42-37(26-28)35-17-9-11-19-41(35)45(42)30-12-4-3-5-13-30/h3-27,44H,1-2H3. The largest absolute Gasteiger partial charge is 0.355 e. The van der Waals surface area contributed by atoms with E-state index in [1.54, 1.807) is 0 Å². The molecule has 8 aromatic rings. The van der Waals surface area contributed by atoms with E-state index in [2.05, 4.69) is 175 Å². The lowest BCUT2D eigenvalue weighted by Crippen LogP contribution is -2.14. The van der Waals surface area contributed by atoms with Gasteiger partial charge in [0.15, 0.2) is 0 Å². The molecule has 1 aliphatic rings. The molecule has 0 amide bonds. The Balaban J connectivity index is 1.15. The first-order valence-corrected chi connectivity index (χ1v) is 15.7. The summed E-state index contributed by atoms with van der Waals surface area (Å²) in [5.74, 6) is 0. The molecule has 7 aromatic carbocycles. The van der Waals surface area contributed by atoms with Crippen molar-refractivity contribution in [1.29, 1.82) is 0 Å². The summed E-state index contributed by atoms with van der Waals surface area (Å²) in [5, 5.41) is 8.76. The van der Waals surface area contributed by atoms with Crippen LogP contribution >= 0.6 is 0 Å². The van der Waals surface area contributed by atoms with Gasteiger partial charge in [0.1, 0.15) is 0 Å². The molecule has 0 atom stereocenters. The summed E-state index contributed by atoms with van der Waals surface area (Å²) in [7, 11) is 0. The predicted molar refractivity (Wildman–Crippen MR) is 191 cm³/mol. The van der Waals surface area contributed by atoms with Gasteiger partial charge in [0.2, 0.25) is 0 Å². The minimum Gasteiger partial charge on any atom is -0.355 e. The molecule has 1 N–H and O–H groups in total. The SMILES string of the molecule is CC1(C)c2ccccc2-c2cc(Nc3ccc(-c4ccc5c(c4)c4ccccc4n5-c4ccccc4)c4ccccc34)ccc21. The molecule has 0 unspecified atom stereocenters. The average Bonchev–Trinajstić information content (AvgIpc) is 3.53. The van der Waals surface area contributed by atoms with Crippen molar-refractivity contribution in [2.45, 2.75) is 19.3 Å². The van der Waals surface area contributed by atoms with E-state index in [-0.39, 0.29) is 5.41 Å². The Morgan fingerprint density at radius 1 is 0.467 bits per heavy atom. The molecule has 1 aliphatic carbocycles. The van der Waals surface area contributed by atoms with Gasteiger partial charge in [-0.05, 0) is 87.3 Å². The number of rotatable bonds is 4. The molecule has 45 heavy (non-hydrogen) atoms. The summed E-state index contributed by atoms with van der Waals surface area (Å²) in [6.07, 6.45) is 0. The van der Waals surface area contributed by atoms with Crippen LogP contribution in [-0.2, 0) is 5.41 Å². The van der Waals surface area contributed by atoms with E-state index < -0.39 is 0 Å². The van der Waals surface area contributed by atoms with Crippen LogP contribution in [0.15, 0.2) is 152 Å². The monoisotopic (exact) mass is 576 g/mol. The molecule has 1 aromatic heterocycles. The van der Waals surface area contributed by atoms with Gasteiger partial charge in [-0.2, -0.15) is 0 Å². The van der Waals surface area contributed by atoms with Gasteiger partial charge in [0.05, 0.1) is 11.0 Å². The molecule has 0 saturated carbocycles. The van der Waals surface area contributed by atoms with Crippen LogP contribution in [-0.4, -0.2) is 4.57 Å². The Morgan fingerprint density at radius 2 is 1.16 bits per heavy atom. The maximum Gasteiger partial charge on any atom is 0.0541 e. The van der Waals surface area contributed by atoms with Crippen molar-refractivity contribution in [1.82, 2.24) is 4.57 Å². The Bertz CT molecular complexity index is 2430. The summed E-state index contributed by atoms with van der Waals surface area (Å²) in [6.45, 7) is 4.65. The topological polar surface area (TPSA) is 17.0 Å². The molecule has 2 nitrogen and oxygen atoms in total. The summed E-state index contributed by atoms with van der Waals surface area (Å²) in [5.41, 5.74) is 13.7. The van der Waals surface area contributed by atoms with Crippen molar-refractivity contribution in [2.75, 3.05) is 5.32 Å². The highest BCUT2D eigenvalue weighted by atomic mass is 15.0. The number of nitrogens with one attached hydrogen (secondary N) is 1. The van der Waals surface area contributed by atoms with Gasteiger partial charge >= 0.3 is 0 Å². The number of hydrogen-bond donors (Lipinski definition) is 1. The molecule has 0 fully saturated rings. The minimum absolute atomic E-state index is 0.00724. The van der Waals surface area contributed by atoms with E-state index in [1.165, 1.54) is 71.6 Å². The molecule has 1 heterocycles. The number of benzene rings is 7. The average molecular weight is 577 g/mol. The smallest absolute Gasteiger partial charge is 0.0541 e. The van der Waals surface area contributed by atoms with Gasteiger partial charge in [-0.25, -0.2) is 0 Å². The summed E-state index contributed by atoms with van der Waals surface area (Å²) in [4.78, 5) is 0. The highest BCUT2D eigenvalue weighted by molar-refractivity contribution is 6.12. The molecule has 0 spiro atoms. The third kappa shape index (κ3) is 3.89. The first-order valence-electron chi connectivity index (χ1n) is 15.7. The van der Waals surface area contributed by atoms with Crippen LogP contribution in [0, 0.1) is 0 Å². The fourth-order valence-electron chi connectivity index (χ4n) is 7.61. The highest BCUT2D eigenvalue weighted by Gasteiger charge is 2.35. The van der Waals surface area contributed by atoms with Gasteiger partial charge in [-0.15, -0.1) is 0 Å². The molecule has 0 aliphatic heterocycles. The van der Waals surface area contributed by atoms with Crippen molar-refractivity contribution < 1.29 is 0 Å². The lowest BCUT2D eigenvalue weighted by molar-refractivity contribution is 0.660. The Labute approximate surface area is 263 Å². The van der Waals surface area contributed by atoms with E-state index in [9.17, 15) is 0 Å². The Kier molecular flexibility index (Phi) is 5.58. The van der Waals surface area contributed by atoms with Crippen molar-refractivity contribution in [3.63, 3.8) is 0 Å². The molecule has 0 radical (unpaired) electrons. The molecule has 0 saturated heterocycles. The van der Waals surface area contributed by atoms with E-state index in [1.807, 2.05) is 0 Å². The molecule has 9 rings (SSSR count). The van der Waals surface area contributed by atoms with Gasteiger partial charge in [-0.3, -0.25) is 0 Å². The summed E-state index contributed by atoms with van der Waals surface area (Å²) in [6, 6.07) is 55.2. The van der Waals surface area contributed by atoms with Crippen LogP contribution in [0.4, 0.5) is 11.4 Å². The van der Waals surface area contributed by atoms with Crippen molar-refractivity contribution in [3.8, 4) is 27.9 Å². The number of fused-ring (bicyclic) bond motifs is 7. The van der Waals surface area contributed by atoms with Crippen LogP contribution in [0.2, 0.25) is 0 Å². The molecule has 0 bridgehead atoms. The van der Waals surface area contributed by atoms with Crippen molar-refractivity contribution in [2.24, 2.45) is 0 Å². The zero-order valence-electron chi connectivity index (χ0n) is 25.4. The number of aromatic nitrogens is 1. The number of nitrogens with zero attached hydrogens (tertiary/aromatic N) is 1. The first kappa shape index (κ1) is 25.9. The minimum atomic E-state index is 0.00724. The fraction of sp³-hybridized carbons (Fsp3) is 0.0698. The maximum absolute atomic E-state index is 3.79. The number of hydrogen-bond acceptors (Lipinski definition) is 1. The van der Waals surface area contributed by atoms with Gasteiger partial charge in [-0.1, -0.05) is 117 Å². The van der Waals surface area contributed by atoms with Crippen LogP contribution in [0.25, 0.3) is 60.5 Å². The maximum atomic E-state index is 3.79. The van der Waals surface area contributed by atoms with Crippen molar-refractivity contribution in [3.05, 3.63) is 163 Å². The van der Waals surface area contributed by atoms with Crippen LogP contribution in [0.3, 0.4) is 0 Å². The zero-order chi connectivity index (χ0) is 30.1. The Hall–Kier alpha value is -5.60. The van der Waals surface area contributed by atoms with Gasteiger partial charge in [0, 0.05) is 38.6 Å². The Morgan fingerprint density at radius 3 is 2.02 bits per heavy atom. The zero-order valence-corrected chi connectivity index (χ0v) is 25.4. The third-order valence-electron chi connectivity index (χ3n) is 9.78. The summed E-state index contributed by atoms with van der Waals surface area (Å²) >= 11 is 0. The second-order valence-electron chi connectivity index (χ2n) is 12.7. The van der Waals surface area contributed by atoms with Crippen molar-refractivity contribution >= 4 is 44.0 Å². The second-order valence-corrected chi connectivity index (χ2v) is 12.7. The third-order valence-corrected chi connectivity index (χ3v) is 9.78. The van der Waals surface area contributed by atoms with E-state index in [4.69, 9.17) is 0 Å². The number of anilines is 2. The lowest BCUT2D eigenvalue weighted by Gasteiger charge is -2.21. The summed E-state index contributed by atoms with van der Waals surface area (Å²) < 4.78 is 2.37. The number of para-hydroxylation sites is 2. The fourth-order valence-corrected chi connectivity index (χ4v) is 7.61. The molecule has 2 heteroatoms. The van der Waals surface area contributed by atoms with Gasteiger partial charge in [0.25, 0.3) is 0 Å². The second kappa shape index (κ2) is 9.70. The van der Waals surface area contributed by atoms with Crippen LogP contribution in [0.5, 0.6) is 0 Å². The normalized spacial score (nSPS) is 13.3. The van der Waals surface area contributed by atoms with E-state index in [0.717, 1.165) is 11.4 Å². The highest BCUT2D eigenvalue weighted by Crippen LogP contribution is 2.49. The lowest BCUT2D eigenvalue weighted by atomic mass is 9.82. The van der Waals surface area contributed by atoms with Crippen LogP contribution in [0.1, 0.15) is 25.0 Å². The first-order chi connectivity index (χ1) is 22.1. The molecule has 214 valence electrons. The van der Waals surface area contributed by atoms with E-state index >= 15 is 0 Å². The van der Waals surface area contributed by atoms with Crippen LogP contribution < -0.4 is 5.32 Å². The predicted octanol–water partition coefficient (Wildman–Crippen LogP) is 11.7. The van der Waals surface area contributed by atoms with E-state index in [0.29, 0.717) is 0 Å². The quantitative estimate of drug-likeness (QED) is 0.220. The van der Waals surface area contributed by atoms with Gasteiger partial charge < -0.3 is 9.88 Å².